The highest BCUT2D eigenvalue weighted by atomic mass is 16.6. The maximum Gasteiger partial charge on any atom is 0.412 e. The minimum atomic E-state index is -0.485. The lowest BCUT2D eigenvalue weighted by Crippen LogP contribution is -2.27. The zero-order valence-corrected chi connectivity index (χ0v) is 11.8. The number of carbonyl (C=O) groups excluding carboxylic acids is 1. The van der Waals surface area contributed by atoms with Crippen LogP contribution in [-0.4, -0.2) is 11.7 Å². The van der Waals surface area contributed by atoms with Gasteiger partial charge in [-0.05, 0) is 63.3 Å². The van der Waals surface area contributed by atoms with Gasteiger partial charge in [-0.2, -0.15) is 0 Å². The first kappa shape index (κ1) is 13.9. The number of amides is 1. The van der Waals surface area contributed by atoms with Gasteiger partial charge in [-0.25, -0.2) is 4.79 Å². The maximum atomic E-state index is 11.7. The van der Waals surface area contributed by atoms with E-state index in [1.165, 1.54) is 11.1 Å². The standard InChI is InChI=1S/C15H22N2O2/c1-15(2,3)19-14(18)17-11-7-8-12-10(9-11)5-4-6-13(12)16/h7-9,13H,4-6,16H2,1-3H3,(H,17,18)/t13-/m0/s1. The average molecular weight is 262 g/mol. The summed E-state index contributed by atoms with van der Waals surface area (Å²) in [6, 6.07) is 6.01. The van der Waals surface area contributed by atoms with Crippen molar-refractivity contribution < 1.29 is 9.53 Å². The number of anilines is 1. The lowest BCUT2D eigenvalue weighted by molar-refractivity contribution is 0.0636. The molecular formula is C15H22N2O2. The van der Waals surface area contributed by atoms with E-state index in [0.717, 1.165) is 24.9 Å². The van der Waals surface area contributed by atoms with Crippen molar-refractivity contribution in [3.05, 3.63) is 29.3 Å². The van der Waals surface area contributed by atoms with E-state index in [0.29, 0.717) is 0 Å². The molecule has 104 valence electrons. The first-order valence-electron chi connectivity index (χ1n) is 6.73. The number of nitrogens with one attached hydrogen (secondary N) is 1. The molecule has 0 saturated heterocycles. The van der Waals surface area contributed by atoms with Crippen LogP contribution < -0.4 is 11.1 Å². The van der Waals surface area contributed by atoms with Gasteiger partial charge >= 0.3 is 6.09 Å². The Morgan fingerprint density at radius 3 is 2.84 bits per heavy atom. The Kier molecular flexibility index (Phi) is 3.80. The highest BCUT2D eigenvalue weighted by Gasteiger charge is 2.19. The van der Waals surface area contributed by atoms with Crippen LogP contribution in [-0.2, 0) is 11.2 Å². The number of aryl methyl sites for hydroxylation is 1. The molecule has 1 atom stereocenters. The Morgan fingerprint density at radius 2 is 2.16 bits per heavy atom. The second kappa shape index (κ2) is 5.21. The molecule has 1 amide bonds. The van der Waals surface area contributed by atoms with Crippen LogP contribution >= 0.6 is 0 Å². The molecule has 0 saturated carbocycles. The summed E-state index contributed by atoms with van der Waals surface area (Å²) in [5.74, 6) is 0. The van der Waals surface area contributed by atoms with Gasteiger partial charge in [-0.1, -0.05) is 6.07 Å². The summed E-state index contributed by atoms with van der Waals surface area (Å²) < 4.78 is 5.23. The molecule has 0 bridgehead atoms. The molecular weight excluding hydrogens is 240 g/mol. The number of hydrogen-bond donors (Lipinski definition) is 2. The number of fused-ring (bicyclic) bond motifs is 1. The minimum absolute atomic E-state index is 0.124. The molecule has 0 fully saturated rings. The molecule has 2 rings (SSSR count). The summed E-state index contributed by atoms with van der Waals surface area (Å²) in [4.78, 5) is 11.7. The number of nitrogens with two attached hydrogens (primary N) is 1. The molecule has 0 aromatic heterocycles. The second-order valence-electron chi connectivity index (χ2n) is 6.04. The van der Waals surface area contributed by atoms with Crippen LogP contribution in [0.2, 0.25) is 0 Å². The van der Waals surface area contributed by atoms with Gasteiger partial charge in [0.25, 0.3) is 0 Å². The Hall–Kier alpha value is -1.55. The number of hydrogen-bond acceptors (Lipinski definition) is 3. The number of ether oxygens (including phenoxy) is 1. The van der Waals surface area contributed by atoms with Gasteiger partial charge < -0.3 is 10.5 Å². The van der Waals surface area contributed by atoms with Gasteiger partial charge in [0, 0.05) is 11.7 Å². The smallest absolute Gasteiger partial charge is 0.412 e. The summed E-state index contributed by atoms with van der Waals surface area (Å²) >= 11 is 0. The fraction of sp³-hybridized carbons (Fsp3) is 0.533. The van der Waals surface area contributed by atoms with Crippen LogP contribution in [0.4, 0.5) is 10.5 Å². The van der Waals surface area contributed by atoms with Crippen LogP contribution in [0.1, 0.15) is 50.8 Å². The first-order valence-corrected chi connectivity index (χ1v) is 6.73. The van der Waals surface area contributed by atoms with E-state index in [9.17, 15) is 4.79 Å². The van der Waals surface area contributed by atoms with Gasteiger partial charge in [0.1, 0.15) is 5.60 Å². The van der Waals surface area contributed by atoms with E-state index in [1.54, 1.807) is 0 Å². The van der Waals surface area contributed by atoms with Crippen LogP contribution in [0.5, 0.6) is 0 Å². The summed E-state index contributed by atoms with van der Waals surface area (Å²) in [6.45, 7) is 5.54. The SMILES string of the molecule is CC(C)(C)OC(=O)Nc1ccc2c(c1)CCC[C@@H]2N. The summed E-state index contributed by atoms with van der Waals surface area (Å²) in [5, 5.41) is 2.76. The zero-order chi connectivity index (χ0) is 14.0. The van der Waals surface area contributed by atoms with E-state index in [-0.39, 0.29) is 6.04 Å². The topological polar surface area (TPSA) is 64.3 Å². The monoisotopic (exact) mass is 262 g/mol. The highest BCUT2D eigenvalue weighted by Crippen LogP contribution is 2.29. The van der Waals surface area contributed by atoms with Crippen LogP contribution in [0, 0.1) is 0 Å². The second-order valence-corrected chi connectivity index (χ2v) is 6.04. The molecule has 1 aromatic carbocycles. The number of carbonyl (C=O) groups is 1. The van der Waals surface area contributed by atoms with Crippen molar-refractivity contribution in [3.8, 4) is 0 Å². The Bertz CT molecular complexity index is 478. The fourth-order valence-electron chi connectivity index (χ4n) is 2.35. The molecule has 1 aromatic rings. The molecule has 1 aliphatic carbocycles. The van der Waals surface area contributed by atoms with E-state index in [4.69, 9.17) is 10.5 Å². The normalized spacial score (nSPS) is 18.6. The van der Waals surface area contributed by atoms with Crippen molar-refractivity contribution >= 4 is 11.8 Å². The summed E-state index contributed by atoms with van der Waals surface area (Å²) in [6.07, 6.45) is 2.73. The van der Waals surface area contributed by atoms with Crippen molar-refractivity contribution in [2.75, 3.05) is 5.32 Å². The Morgan fingerprint density at radius 1 is 1.42 bits per heavy atom. The van der Waals surface area contributed by atoms with Gasteiger partial charge in [-0.3, -0.25) is 5.32 Å². The molecule has 4 heteroatoms. The minimum Gasteiger partial charge on any atom is -0.444 e. The van der Waals surface area contributed by atoms with Crippen molar-refractivity contribution in [3.63, 3.8) is 0 Å². The molecule has 1 aliphatic rings. The highest BCUT2D eigenvalue weighted by molar-refractivity contribution is 5.85. The largest absolute Gasteiger partial charge is 0.444 e. The van der Waals surface area contributed by atoms with Crippen molar-refractivity contribution in [1.82, 2.24) is 0 Å². The van der Waals surface area contributed by atoms with E-state index in [2.05, 4.69) is 5.32 Å². The van der Waals surface area contributed by atoms with Crippen LogP contribution in [0.15, 0.2) is 18.2 Å². The molecule has 3 N–H and O–H groups in total. The molecule has 0 radical (unpaired) electrons. The average Bonchev–Trinajstić information content (AvgIpc) is 2.26. The van der Waals surface area contributed by atoms with Gasteiger partial charge in [0.15, 0.2) is 0 Å². The number of rotatable bonds is 1. The maximum absolute atomic E-state index is 11.7. The van der Waals surface area contributed by atoms with E-state index in [1.807, 2.05) is 39.0 Å². The van der Waals surface area contributed by atoms with E-state index >= 15 is 0 Å². The van der Waals surface area contributed by atoms with Crippen LogP contribution in [0.25, 0.3) is 0 Å². The zero-order valence-electron chi connectivity index (χ0n) is 11.8. The predicted octanol–water partition coefficient (Wildman–Crippen LogP) is 3.37. The van der Waals surface area contributed by atoms with Crippen molar-refractivity contribution in [2.45, 2.75) is 51.7 Å². The van der Waals surface area contributed by atoms with Crippen molar-refractivity contribution in [1.29, 1.82) is 0 Å². The van der Waals surface area contributed by atoms with Crippen molar-refractivity contribution in [2.24, 2.45) is 5.73 Å². The van der Waals surface area contributed by atoms with Gasteiger partial charge in [-0.15, -0.1) is 0 Å². The molecule has 0 unspecified atom stereocenters. The first-order chi connectivity index (χ1) is 8.85. The third-order valence-electron chi connectivity index (χ3n) is 3.15. The number of benzene rings is 1. The fourth-order valence-corrected chi connectivity index (χ4v) is 2.35. The third kappa shape index (κ3) is 3.70. The predicted molar refractivity (Wildman–Crippen MR) is 76.2 cm³/mol. The molecule has 0 spiro atoms. The third-order valence-corrected chi connectivity index (χ3v) is 3.15. The molecule has 4 nitrogen and oxygen atoms in total. The van der Waals surface area contributed by atoms with Gasteiger partial charge in [0.05, 0.1) is 0 Å². The Labute approximate surface area is 114 Å². The van der Waals surface area contributed by atoms with Crippen LogP contribution in [0.3, 0.4) is 0 Å². The lowest BCUT2D eigenvalue weighted by Gasteiger charge is -2.23. The quantitative estimate of drug-likeness (QED) is 0.815. The van der Waals surface area contributed by atoms with E-state index < -0.39 is 11.7 Å². The molecule has 0 aliphatic heterocycles. The summed E-state index contributed by atoms with van der Waals surface area (Å²) in [7, 11) is 0. The Balaban J connectivity index is 2.08. The lowest BCUT2D eigenvalue weighted by atomic mass is 9.88. The van der Waals surface area contributed by atoms with Gasteiger partial charge in [0.2, 0.25) is 0 Å². The molecule has 19 heavy (non-hydrogen) atoms. The summed E-state index contributed by atoms with van der Waals surface area (Å²) in [5.41, 5.74) is 8.77. The molecule has 0 heterocycles.